The second-order valence-corrected chi connectivity index (χ2v) is 4.91. The second-order valence-electron chi connectivity index (χ2n) is 4.05. The van der Waals surface area contributed by atoms with E-state index in [0.717, 1.165) is 28.8 Å². The SMILES string of the molecule is CCNCc1cn(Cc2ccc(F)cc2Br)cn1. The summed E-state index contributed by atoms with van der Waals surface area (Å²) in [6, 6.07) is 4.73. The molecule has 0 aliphatic heterocycles. The molecule has 0 radical (unpaired) electrons. The Bertz CT molecular complexity index is 525. The maximum atomic E-state index is 13.0. The van der Waals surface area contributed by atoms with E-state index in [4.69, 9.17) is 0 Å². The summed E-state index contributed by atoms with van der Waals surface area (Å²) in [5.41, 5.74) is 2.04. The van der Waals surface area contributed by atoms with E-state index < -0.39 is 0 Å². The minimum absolute atomic E-state index is 0.232. The van der Waals surface area contributed by atoms with E-state index in [1.165, 1.54) is 12.1 Å². The van der Waals surface area contributed by atoms with Crippen LogP contribution in [0, 0.1) is 5.82 Å². The molecule has 0 saturated heterocycles. The van der Waals surface area contributed by atoms with E-state index in [1.54, 1.807) is 12.4 Å². The van der Waals surface area contributed by atoms with Crippen molar-refractivity contribution in [2.24, 2.45) is 0 Å². The van der Waals surface area contributed by atoms with Crippen LogP contribution < -0.4 is 5.32 Å². The summed E-state index contributed by atoms with van der Waals surface area (Å²) in [6.45, 7) is 4.44. The van der Waals surface area contributed by atoms with Crippen LogP contribution in [0.2, 0.25) is 0 Å². The largest absolute Gasteiger partial charge is 0.333 e. The summed E-state index contributed by atoms with van der Waals surface area (Å²) < 4.78 is 15.7. The monoisotopic (exact) mass is 311 g/mol. The van der Waals surface area contributed by atoms with E-state index in [0.29, 0.717) is 6.54 Å². The minimum atomic E-state index is -0.232. The van der Waals surface area contributed by atoms with Gasteiger partial charge in [0.05, 0.1) is 12.0 Å². The third-order valence-electron chi connectivity index (χ3n) is 2.61. The summed E-state index contributed by atoms with van der Waals surface area (Å²) in [4.78, 5) is 4.31. The Morgan fingerprint density at radius 3 is 3.00 bits per heavy atom. The van der Waals surface area contributed by atoms with Gasteiger partial charge in [0.1, 0.15) is 5.82 Å². The lowest BCUT2D eigenvalue weighted by Gasteiger charge is -2.05. The molecule has 2 rings (SSSR count). The summed E-state index contributed by atoms with van der Waals surface area (Å²) in [7, 11) is 0. The molecule has 18 heavy (non-hydrogen) atoms. The van der Waals surface area contributed by atoms with Crippen LogP contribution in [0.1, 0.15) is 18.2 Å². The second kappa shape index (κ2) is 6.11. The Balaban J connectivity index is 2.06. The van der Waals surface area contributed by atoms with Gasteiger partial charge in [0.15, 0.2) is 0 Å². The van der Waals surface area contributed by atoms with Crippen molar-refractivity contribution in [1.29, 1.82) is 0 Å². The molecule has 1 aromatic heterocycles. The first kappa shape index (κ1) is 13.2. The quantitative estimate of drug-likeness (QED) is 0.920. The molecule has 0 bridgehead atoms. The van der Waals surface area contributed by atoms with E-state index in [1.807, 2.05) is 10.8 Å². The highest BCUT2D eigenvalue weighted by Gasteiger charge is 2.04. The summed E-state index contributed by atoms with van der Waals surface area (Å²) in [5, 5.41) is 3.23. The molecular weight excluding hydrogens is 297 g/mol. The lowest BCUT2D eigenvalue weighted by Crippen LogP contribution is -2.11. The first-order valence-electron chi connectivity index (χ1n) is 5.84. The van der Waals surface area contributed by atoms with Crippen LogP contribution in [0.25, 0.3) is 0 Å². The van der Waals surface area contributed by atoms with Crippen molar-refractivity contribution in [2.75, 3.05) is 6.54 Å². The highest BCUT2D eigenvalue weighted by Crippen LogP contribution is 2.19. The summed E-state index contributed by atoms with van der Waals surface area (Å²) >= 11 is 3.37. The third-order valence-corrected chi connectivity index (χ3v) is 3.35. The molecule has 0 unspecified atom stereocenters. The van der Waals surface area contributed by atoms with Crippen LogP contribution >= 0.6 is 15.9 Å². The van der Waals surface area contributed by atoms with Gasteiger partial charge in [-0.15, -0.1) is 0 Å². The van der Waals surface area contributed by atoms with Crippen LogP contribution in [0.3, 0.4) is 0 Å². The Labute approximate surface area is 114 Å². The predicted octanol–water partition coefficient (Wildman–Crippen LogP) is 2.94. The molecule has 0 fully saturated rings. The Hall–Kier alpha value is -1.20. The average Bonchev–Trinajstić information content (AvgIpc) is 2.78. The van der Waals surface area contributed by atoms with Gasteiger partial charge in [-0.05, 0) is 24.2 Å². The number of nitrogens with zero attached hydrogens (tertiary/aromatic N) is 2. The van der Waals surface area contributed by atoms with Crippen molar-refractivity contribution in [3.05, 3.63) is 52.3 Å². The van der Waals surface area contributed by atoms with Gasteiger partial charge in [-0.3, -0.25) is 0 Å². The molecule has 1 N–H and O–H groups in total. The molecule has 1 aromatic carbocycles. The van der Waals surface area contributed by atoms with Gasteiger partial charge in [-0.1, -0.05) is 28.9 Å². The molecule has 0 aliphatic rings. The van der Waals surface area contributed by atoms with Gasteiger partial charge < -0.3 is 9.88 Å². The first-order chi connectivity index (χ1) is 8.69. The number of imidazole rings is 1. The fourth-order valence-electron chi connectivity index (χ4n) is 1.68. The van der Waals surface area contributed by atoms with Crippen LogP contribution in [0.4, 0.5) is 4.39 Å². The number of benzene rings is 1. The van der Waals surface area contributed by atoms with Gasteiger partial charge in [0.25, 0.3) is 0 Å². The topological polar surface area (TPSA) is 29.9 Å². The number of hydrogen-bond acceptors (Lipinski definition) is 2. The van der Waals surface area contributed by atoms with Crippen LogP contribution in [-0.4, -0.2) is 16.1 Å². The fraction of sp³-hybridized carbons (Fsp3) is 0.308. The Morgan fingerprint density at radius 1 is 1.44 bits per heavy atom. The predicted molar refractivity (Wildman–Crippen MR) is 72.8 cm³/mol. The lowest BCUT2D eigenvalue weighted by atomic mass is 10.2. The van der Waals surface area contributed by atoms with Crippen molar-refractivity contribution in [3.63, 3.8) is 0 Å². The lowest BCUT2D eigenvalue weighted by molar-refractivity contribution is 0.625. The maximum absolute atomic E-state index is 13.0. The van der Waals surface area contributed by atoms with Crippen molar-refractivity contribution in [1.82, 2.24) is 14.9 Å². The van der Waals surface area contributed by atoms with E-state index in [9.17, 15) is 4.39 Å². The third kappa shape index (κ3) is 3.40. The van der Waals surface area contributed by atoms with Crippen LogP contribution in [0.15, 0.2) is 35.2 Å². The average molecular weight is 312 g/mol. The zero-order valence-corrected chi connectivity index (χ0v) is 11.7. The number of nitrogens with one attached hydrogen (secondary N) is 1. The molecule has 2 aromatic rings. The molecule has 0 saturated carbocycles. The van der Waals surface area contributed by atoms with E-state index >= 15 is 0 Å². The van der Waals surface area contributed by atoms with Crippen molar-refractivity contribution < 1.29 is 4.39 Å². The molecule has 5 heteroatoms. The summed E-state index contributed by atoms with van der Waals surface area (Å²) in [5.74, 6) is -0.232. The minimum Gasteiger partial charge on any atom is -0.333 e. The molecule has 1 heterocycles. The summed E-state index contributed by atoms with van der Waals surface area (Å²) in [6.07, 6.45) is 3.79. The molecule has 0 spiro atoms. The van der Waals surface area contributed by atoms with Crippen molar-refractivity contribution in [2.45, 2.75) is 20.0 Å². The molecular formula is C13H15BrFN3. The molecule has 96 valence electrons. The number of aromatic nitrogens is 2. The van der Waals surface area contributed by atoms with Crippen LogP contribution in [-0.2, 0) is 13.1 Å². The zero-order chi connectivity index (χ0) is 13.0. The number of hydrogen-bond donors (Lipinski definition) is 1. The molecule has 3 nitrogen and oxygen atoms in total. The number of halogens is 2. The van der Waals surface area contributed by atoms with Crippen LogP contribution in [0.5, 0.6) is 0 Å². The zero-order valence-electron chi connectivity index (χ0n) is 10.2. The first-order valence-corrected chi connectivity index (χ1v) is 6.63. The highest BCUT2D eigenvalue weighted by atomic mass is 79.9. The van der Waals surface area contributed by atoms with Gasteiger partial charge >= 0.3 is 0 Å². The smallest absolute Gasteiger partial charge is 0.124 e. The molecule has 0 aliphatic carbocycles. The Kier molecular flexibility index (Phi) is 4.49. The van der Waals surface area contributed by atoms with Gasteiger partial charge in [0.2, 0.25) is 0 Å². The number of rotatable bonds is 5. The normalized spacial score (nSPS) is 10.8. The molecule has 0 atom stereocenters. The fourth-order valence-corrected chi connectivity index (χ4v) is 2.16. The molecule has 0 amide bonds. The van der Waals surface area contributed by atoms with Crippen molar-refractivity contribution >= 4 is 15.9 Å². The van der Waals surface area contributed by atoms with Gasteiger partial charge in [-0.25, -0.2) is 9.37 Å². The highest BCUT2D eigenvalue weighted by molar-refractivity contribution is 9.10. The van der Waals surface area contributed by atoms with Gasteiger partial charge in [-0.2, -0.15) is 0 Å². The van der Waals surface area contributed by atoms with E-state index in [2.05, 4.69) is 33.2 Å². The Morgan fingerprint density at radius 2 is 2.28 bits per heavy atom. The van der Waals surface area contributed by atoms with E-state index in [-0.39, 0.29) is 5.82 Å². The standard InChI is InChI=1S/C13H15BrFN3/c1-2-16-6-12-8-18(9-17-12)7-10-3-4-11(15)5-13(10)14/h3-5,8-9,16H,2,6-7H2,1H3. The van der Waals surface area contributed by atoms with Crippen molar-refractivity contribution in [3.8, 4) is 0 Å². The maximum Gasteiger partial charge on any atom is 0.124 e. The van der Waals surface area contributed by atoms with Gasteiger partial charge in [0, 0.05) is 23.8 Å².